The van der Waals surface area contributed by atoms with E-state index < -0.39 is 9.76 Å². The third-order valence-electron chi connectivity index (χ3n) is 4.54. The van der Waals surface area contributed by atoms with Gasteiger partial charge in [0.05, 0.1) is 0 Å². The summed E-state index contributed by atoms with van der Waals surface area (Å²) < 4.78 is 6.16. The van der Waals surface area contributed by atoms with Gasteiger partial charge in [0, 0.05) is 5.60 Å². The average molecular weight is 331 g/mol. The third-order valence-corrected chi connectivity index (χ3v) is 6.88. The van der Waals surface area contributed by atoms with Crippen molar-refractivity contribution in [2.45, 2.75) is 71.4 Å². The van der Waals surface area contributed by atoms with Crippen molar-refractivity contribution >= 4 is 9.76 Å². The van der Waals surface area contributed by atoms with Crippen molar-refractivity contribution in [2.24, 2.45) is 5.41 Å². The molecule has 0 N–H and O–H groups in total. The molecule has 0 atom stereocenters. The van der Waals surface area contributed by atoms with Gasteiger partial charge in [0.2, 0.25) is 0 Å². The van der Waals surface area contributed by atoms with E-state index in [0.717, 1.165) is 0 Å². The predicted molar refractivity (Wildman–Crippen MR) is 102 cm³/mol. The minimum Gasteiger partial charge on any atom is -0.419 e. The average Bonchev–Trinajstić information content (AvgIpc) is 2.35. The quantitative estimate of drug-likeness (QED) is 0.510. The largest absolute Gasteiger partial charge is 0.419 e. The van der Waals surface area contributed by atoms with Gasteiger partial charge in [0.25, 0.3) is 0 Å². The first-order valence-corrected chi connectivity index (χ1v) is 10.6. The van der Waals surface area contributed by atoms with Crippen LogP contribution in [0.5, 0.6) is 0 Å². The molecule has 0 rings (SSSR count). The molecule has 0 amide bonds. The molecule has 22 heavy (non-hydrogen) atoms. The maximum absolute atomic E-state index is 6.16. The standard InChI is InChI=1S/C18H42N2OSi/c1-9-18(12-10-14-19(5)6,13-11-15-20(7)8)16-22-21-17(2,3)4/h9-16,22H2,1-8H3. The summed E-state index contributed by atoms with van der Waals surface area (Å²) in [5.74, 6) is 0. The second kappa shape index (κ2) is 10.8. The molecule has 0 fully saturated rings. The molecule has 0 spiro atoms. The molecule has 0 heterocycles. The van der Waals surface area contributed by atoms with Gasteiger partial charge in [0.15, 0.2) is 9.76 Å². The molecular weight excluding hydrogens is 288 g/mol. The summed E-state index contributed by atoms with van der Waals surface area (Å²) in [4.78, 5) is 4.62. The Morgan fingerprint density at radius 2 is 1.32 bits per heavy atom. The Bertz CT molecular complexity index is 261. The molecule has 0 saturated heterocycles. The van der Waals surface area contributed by atoms with Crippen molar-refractivity contribution < 1.29 is 4.43 Å². The molecular formula is C18H42N2OSi. The molecule has 4 heteroatoms. The fraction of sp³-hybridized carbons (Fsp3) is 1.00. The van der Waals surface area contributed by atoms with Crippen molar-refractivity contribution in [2.75, 3.05) is 41.3 Å². The van der Waals surface area contributed by atoms with Crippen LogP contribution in [-0.2, 0) is 4.43 Å². The van der Waals surface area contributed by atoms with Crippen LogP contribution in [0.1, 0.15) is 59.8 Å². The van der Waals surface area contributed by atoms with E-state index in [-0.39, 0.29) is 5.60 Å². The summed E-state index contributed by atoms with van der Waals surface area (Å²) in [7, 11) is 8.28. The summed E-state index contributed by atoms with van der Waals surface area (Å²) in [6, 6.07) is 1.33. The van der Waals surface area contributed by atoms with Crippen molar-refractivity contribution in [1.29, 1.82) is 0 Å². The zero-order valence-corrected chi connectivity index (χ0v) is 18.1. The Labute approximate surface area is 142 Å². The Kier molecular flexibility index (Phi) is 10.8. The first-order valence-electron chi connectivity index (χ1n) is 9.04. The molecule has 3 nitrogen and oxygen atoms in total. The van der Waals surface area contributed by atoms with Crippen LogP contribution in [-0.4, -0.2) is 66.4 Å². The Balaban J connectivity index is 4.53. The number of hydrogen-bond acceptors (Lipinski definition) is 3. The molecule has 134 valence electrons. The number of hydrogen-bond donors (Lipinski definition) is 0. The van der Waals surface area contributed by atoms with Gasteiger partial charge in [-0.2, -0.15) is 0 Å². The van der Waals surface area contributed by atoms with E-state index in [2.05, 4.69) is 65.7 Å². The van der Waals surface area contributed by atoms with Crippen LogP contribution in [0.2, 0.25) is 6.04 Å². The predicted octanol–water partition coefficient (Wildman–Crippen LogP) is 3.38. The van der Waals surface area contributed by atoms with E-state index in [1.165, 1.54) is 51.2 Å². The Morgan fingerprint density at radius 1 is 0.864 bits per heavy atom. The molecule has 0 saturated carbocycles. The van der Waals surface area contributed by atoms with E-state index in [0.29, 0.717) is 5.41 Å². The molecule has 0 aliphatic rings. The summed E-state index contributed by atoms with van der Waals surface area (Å²) in [5, 5.41) is 0. The lowest BCUT2D eigenvalue weighted by Gasteiger charge is -2.35. The van der Waals surface area contributed by atoms with Gasteiger partial charge in [-0.1, -0.05) is 13.3 Å². The molecule has 0 aliphatic heterocycles. The number of nitrogens with zero attached hydrogens (tertiary/aromatic N) is 2. The van der Waals surface area contributed by atoms with E-state index in [4.69, 9.17) is 4.43 Å². The van der Waals surface area contributed by atoms with Crippen molar-refractivity contribution in [3.8, 4) is 0 Å². The van der Waals surface area contributed by atoms with Gasteiger partial charge < -0.3 is 14.2 Å². The summed E-state index contributed by atoms with van der Waals surface area (Å²) >= 11 is 0. The minimum absolute atomic E-state index is 0.0407. The normalized spacial score (nSPS) is 13.9. The first-order chi connectivity index (χ1) is 10.1. The van der Waals surface area contributed by atoms with Gasteiger partial charge in [-0.25, -0.2) is 0 Å². The van der Waals surface area contributed by atoms with Crippen LogP contribution in [0, 0.1) is 5.41 Å². The molecule has 0 aromatic heterocycles. The van der Waals surface area contributed by atoms with Crippen LogP contribution in [0.4, 0.5) is 0 Å². The highest BCUT2D eigenvalue weighted by molar-refractivity contribution is 6.27. The highest BCUT2D eigenvalue weighted by Crippen LogP contribution is 2.38. The zero-order valence-electron chi connectivity index (χ0n) is 16.7. The van der Waals surface area contributed by atoms with Crippen LogP contribution in [0.3, 0.4) is 0 Å². The van der Waals surface area contributed by atoms with Gasteiger partial charge in [-0.05, 0) is 99.2 Å². The van der Waals surface area contributed by atoms with E-state index in [9.17, 15) is 0 Å². The summed E-state index contributed by atoms with van der Waals surface area (Å²) in [6.45, 7) is 11.4. The second-order valence-electron chi connectivity index (χ2n) is 8.38. The minimum atomic E-state index is -0.430. The molecule has 0 radical (unpaired) electrons. The molecule has 0 aromatic rings. The smallest absolute Gasteiger partial charge is 0.162 e. The maximum atomic E-state index is 6.16. The summed E-state index contributed by atoms with van der Waals surface area (Å²) in [5.41, 5.74) is 0.558. The van der Waals surface area contributed by atoms with Crippen molar-refractivity contribution in [3.63, 3.8) is 0 Å². The van der Waals surface area contributed by atoms with Crippen LogP contribution >= 0.6 is 0 Å². The van der Waals surface area contributed by atoms with Gasteiger partial charge in [-0.15, -0.1) is 0 Å². The van der Waals surface area contributed by atoms with E-state index in [1.54, 1.807) is 0 Å². The lowest BCUT2D eigenvalue weighted by atomic mass is 9.78. The van der Waals surface area contributed by atoms with Gasteiger partial charge in [-0.3, -0.25) is 0 Å². The molecule has 0 bridgehead atoms. The Hall–Kier alpha value is 0.0969. The van der Waals surface area contributed by atoms with Crippen LogP contribution < -0.4 is 0 Å². The molecule has 0 unspecified atom stereocenters. The number of rotatable bonds is 12. The van der Waals surface area contributed by atoms with Crippen LogP contribution in [0.25, 0.3) is 0 Å². The second-order valence-corrected chi connectivity index (χ2v) is 9.57. The monoisotopic (exact) mass is 330 g/mol. The third kappa shape index (κ3) is 11.6. The first kappa shape index (κ1) is 22.1. The fourth-order valence-corrected chi connectivity index (χ4v) is 5.02. The SMILES string of the molecule is CCC(CCCN(C)C)(CCCN(C)C)C[SiH2]OC(C)(C)C. The van der Waals surface area contributed by atoms with Gasteiger partial charge >= 0.3 is 0 Å². The topological polar surface area (TPSA) is 15.7 Å². The molecule has 0 aliphatic carbocycles. The zero-order chi connectivity index (χ0) is 17.2. The molecule has 0 aromatic carbocycles. The highest BCUT2D eigenvalue weighted by atomic mass is 28.2. The van der Waals surface area contributed by atoms with E-state index in [1.807, 2.05) is 0 Å². The van der Waals surface area contributed by atoms with Crippen molar-refractivity contribution in [3.05, 3.63) is 0 Å². The lowest BCUT2D eigenvalue weighted by molar-refractivity contribution is 0.129. The fourth-order valence-electron chi connectivity index (χ4n) is 3.02. The Morgan fingerprint density at radius 3 is 1.64 bits per heavy atom. The van der Waals surface area contributed by atoms with Crippen LogP contribution in [0.15, 0.2) is 0 Å². The van der Waals surface area contributed by atoms with Crippen molar-refractivity contribution in [1.82, 2.24) is 9.80 Å². The lowest BCUT2D eigenvalue weighted by Crippen LogP contribution is -2.29. The van der Waals surface area contributed by atoms with Gasteiger partial charge in [0.1, 0.15) is 0 Å². The highest BCUT2D eigenvalue weighted by Gasteiger charge is 2.28. The summed E-state index contributed by atoms with van der Waals surface area (Å²) in [6.07, 6.45) is 6.64. The van der Waals surface area contributed by atoms with E-state index >= 15 is 0 Å². The maximum Gasteiger partial charge on any atom is 0.162 e.